The van der Waals surface area contributed by atoms with E-state index >= 15 is 0 Å². The van der Waals surface area contributed by atoms with Crippen LogP contribution in [-0.4, -0.2) is 22.9 Å². The Morgan fingerprint density at radius 2 is 1.86 bits per heavy atom. The lowest BCUT2D eigenvalue weighted by Crippen LogP contribution is -2.08. The van der Waals surface area contributed by atoms with E-state index in [-0.39, 0.29) is 6.04 Å². The number of rotatable bonds is 11. The van der Waals surface area contributed by atoms with Gasteiger partial charge in [-0.25, -0.2) is 9.97 Å². The number of hydrogen-bond donors (Lipinski definition) is 1. The summed E-state index contributed by atoms with van der Waals surface area (Å²) in [6.07, 6.45) is 7.32. The summed E-state index contributed by atoms with van der Waals surface area (Å²) < 4.78 is 5.91. The predicted molar refractivity (Wildman–Crippen MR) is 113 cm³/mol. The number of carbonyl (C=O) groups excluding carboxylic acids is 1. The molecule has 5 nitrogen and oxygen atoms in total. The number of anilines is 1. The van der Waals surface area contributed by atoms with Gasteiger partial charge in [0.1, 0.15) is 24.2 Å². The first-order chi connectivity index (χ1) is 13.8. The number of nitrogens with one attached hydrogen (secondary N) is 1. The second kappa shape index (κ2) is 10.4. The molecule has 0 unspecified atom stereocenters. The fourth-order valence-corrected chi connectivity index (χ4v) is 3.14. The van der Waals surface area contributed by atoms with Gasteiger partial charge < -0.3 is 14.8 Å². The van der Waals surface area contributed by atoms with Crippen LogP contribution in [0.5, 0.6) is 5.75 Å². The van der Waals surface area contributed by atoms with Gasteiger partial charge in [-0.1, -0.05) is 43.2 Å². The molecular formula is C23H27N3O2. The Labute approximate surface area is 166 Å². The summed E-state index contributed by atoms with van der Waals surface area (Å²) in [5.74, 6) is 1.63. The summed E-state index contributed by atoms with van der Waals surface area (Å²) in [5, 5.41) is 4.44. The lowest BCUT2D eigenvalue weighted by atomic mass is 10.1. The maximum atomic E-state index is 10.3. The van der Waals surface area contributed by atoms with Gasteiger partial charge in [0.2, 0.25) is 0 Å². The number of benzene rings is 2. The first kappa shape index (κ1) is 19.8. The Morgan fingerprint density at radius 3 is 2.68 bits per heavy atom. The SMILES string of the molecule is C[C@@H](Nc1ncnc2ccc(OCCCCCCC=O)cc12)c1ccccc1. The van der Waals surface area contributed by atoms with Crippen molar-refractivity contribution in [2.45, 2.75) is 45.1 Å². The van der Waals surface area contributed by atoms with Crippen LogP contribution in [0.1, 0.15) is 50.6 Å². The molecule has 0 aliphatic rings. The second-order valence-corrected chi connectivity index (χ2v) is 6.90. The highest BCUT2D eigenvalue weighted by Crippen LogP contribution is 2.27. The van der Waals surface area contributed by atoms with Gasteiger partial charge in [-0.3, -0.25) is 0 Å². The van der Waals surface area contributed by atoms with Gasteiger partial charge in [0.15, 0.2) is 0 Å². The molecular weight excluding hydrogens is 350 g/mol. The minimum absolute atomic E-state index is 0.134. The third kappa shape index (κ3) is 5.52. The number of hydrogen-bond acceptors (Lipinski definition) is 5. The maximum Gasteiger partial charge on any atom is 0.137 e. The minimum Gasteiger partial charge on any atom is -0.494 e. The number of unbranched alkanes of at least 4 members (excludes halogenated alkanes) is 4. The average molecular weight is 377 g/mol. The van der Waals surface area contributed by atoms with Crippen molar-refractivity contribution in [3.05, 3.63) is 60.4 Å². The number of nitrogens with zero attached hydrogens (tertiary/aromatic N) is 2. The Hall–Kier alpha value is -2.95. The van der Waals surface area contributed by atoms with Crippen LogP contribution in [-0.2, 0) is 4.79 Å². The smallest absolute Gasteiger partial charge is 0.137 e. The number of carbonyl (C=O) groups is 1. The van der Waals surface area contributed by atoms with E-state index in [1.807, 2.05) is 36.4 Å². The van der Waals surface area contributed by atoms with Gasteiger partial charge >= 0.3 is 0 Å². The van der Waals surface area contributed by atoms with Crippen LogP contribution in [0.2, 0.25) is 0 Å². The molecule has 0 aliphatic carbocycles. The van der Waals surface area contributed by atoms with Gasteiger partial charge in [0.25, 0.3) is 0 Å². The van der Waals surface area contributed by atoms with E-state index in [2.05, 4.69) is 34.3 Å². The first-order valence-corrected chi connectivity index (χ1v) is 9.90. The topological polar surface area (TPSA) is 64.1 Å². The molecule has 1 N–H and O–H groups in total. The van der Waals surface area contributed by atoms with E-state index in [0.29, 0.717) is 13.0 Å². The Kier molecular flexibility index (Phi) is 7.36. The van der Waals surface area contributed by atoms with Crippen molar-refractivity contribution in [2.75, 3.05) is 11.9 Å². The molecule has 0 fully saturated rings. The fraction of sp³-hybridized carbons (Fsp3) is 0.348. The fourth-order valence-electron chi connectivity index (χ4n) is 3.14. The molecule has 1 atom stereocenters. The van der Waals surface area contributed by atoms with Crippen molar-refractivity contribution in [3.8, 4) is 5.75 Å². The van der Waals surface area contributed by atoms with Crippen molar-refractivity contribution in [3.63, 3.8) is 0 Å². The highest BCUT2D eigenvalue weighted by Gasteiger charge is 2.10. The summed E-state index contributed by atoms with van der Waals surface area (Å²) in [6.45, 7) is 2.79. The lowest BCUT2D eigenvalue weighted by molar-refractivity contribution is -0.107. The van der Waals surface area contributed by atoms with Crippen molar-refractivity contribution >= 4 is 23.0 Å². The molecule has 28 heavy (non-hydrogen) atoms. The Bertz CT molecular complexity index is 883. The quantitative estimate of drug-likeness (QED) is 0.361. The molecule has 0 amide bonds. The Morgan fingerprint density at radius 1 is 1.04 bits per heavy atom. The monoisotopic (exact) mass is 377 g/mol. The van der Waals surface area contributed by atoms with E-state index in [1.165, 1.54) is 5.56 Å². The van der Waals surface area contributed by atoms with Crippen LogP contribution >= 0.6 is 0 Å². The summed E-state index contributed by atoms with van der Waals surface area (Å²) in [7, 11) is 0. The van der Waals surface area contributed by atoms with Crippen LogP contribution in [0.4, 0.5) is 5.82 Å². The molecule has 3 rings (SSSR count). The number of aldehydes is 1. The summed E-state index contributed by atoms with van der Waals surface area (Å²) in [4.78, 5) is 19.1. The van der Waals surface area contributed by atoms with Gasteiger partial charge in [0, 0.05) is 17.8 Å². The molecule has 2 aromatic carbocycles. The van der Waals surface area contributed by atoms with Gasteiger partial charge in [-0.05, 0) is 43.5 Å². The van der Waals surface area contributed by atoms with Crippen molar-refractivity contribution in [1.29, 1.82) is 0 Å². The van der Waals surface area contributed by atoms with Crippen LogP contribution in [0.3, 0.4) is 0 Å². The summed E-state index contributed by atoms with van der Waals surface area (Å²) >= 11 is 0. The Balaban J connectivity index is 1.63. The number of aromatic nitrogens is 2. The molecule has 0 saturated carbocycles. The third-order valence-corrected chi connectivity index (χ3v) is 4.74. The molecule has 1 heterocycles. The second-order valence-electron chi connectivity index (χ2n) is 6.90. The van der Waals surface area contributed by atoms with Crippen molar-refractivity contribution < 1.29 is 9.53 Å². The minimum atomic E-state index is 0.134. The molecule has 5 heteroatoms. The van der Waals surface area contributed by atoms with Crippen LogP contribution in [0, 0.1) is 0 Å². The number of fused-ring (bicyclic) bond motifs is 1. The molecule has 146 valence electrons. The highest BCUT2D eigenvalue weighted by atomic mass is 16.5. The van der Waals surface area contributed by atoms with Gasteiger partial charge in [0.05, 0.1) is 12.1 Å². The third-order valence-electron chi connectivity index (χ3n) is 4.74. The summed E-state index contributed by atoms with van der Waals surface area (Å²) in [6, 6.07) is 16.4. The first-order valence-electron chi connectivity index (χ1n) is 9.90. The average Bonchev–Trinajstić information content (AvgIpc) is 2.74. The molecule has 0 radical (unpaired) electrons. The molecule has 0 aliphatic heterocycles. The van der Waals surface area contributed by atoms with Crippen molar-refractivity contribution in [1.82, 2.24) is 9.97 Å². The number of ether oxygens (including phenoxy) is 1. The highest BCUT2D eigenvalue weighted by molar-refractivity contribution is 5.90. The van der Waals surface area contributed by atoms with E-state index in [9.17, 15) is 4.79 Å². The normalized spacial score (nSPS) is 11.9. The zero-order valence-corrected chi connectivity index (χ0v) is 16.3. The molecule has 1 aromatic heterocycles. The van der Waals surface area contributed by atoms with Gasteiger partial charge in [-0.2, -0.15) is 0 Å². The molecule has 0 saturated heterocycles. The lowest BCUT2D eigenvalue weighted by Gasteiger charge is -2.16. The largest absolute Gasteiger partial charge is 0.494 e. The maximum absolute atomic E-state index is 10.3. The predicted octanol–water partition coefficient (Wildman–Crippen LogP) is 5.33. The van der Waals surface area contributed by atoms with E-state index < -0.39 is 0 Å². The van der Waals surface area contributed by atoms with Crippen LogP contribution in [0.15, 0.2) is 54.9 Å². The molecule has 0 spiro atoms. The molecule has 3 aromatic rings. The van der Waals surface area contributed by atoms with E-state index in [0.717, 1.165) is 54.4 Å². The van der Waals surface area contributed by atoms with E-state index in [1.54, 1.807) is 6.33 Å². The standard InChI is InChI=1S/C23H27N3O2/c1-18(19-10-6-5-7-11-19)26-23-21-16-20(12-13-22(21)24-17-25-23)28-15-9-4-2-3-8-14-27/h5-7,10-14,16-18H,2-4,8-9,15H2,1H3,(H,24,25,26)/t18-/m1/s1. The van der Waals surface area contributed by atoms with E-state index in [4.69, 9.17) is 4.74 Å². The van der Waals surface area contributed by atoms with Crippen LogP contribution < -0.4 is 10.1 Å². The van der Waals surface area contributed by atoms with Gasteiger partial charge in [-0.15, -0.1) is 0 Å². The van der Waals surface area contributed by atoms with Crippen molar-refractivity contribution in [2.24, 2.45) is 0 Å². The zero-order chi connectivity index (χ0) is 19.6. The zero-order valence-electron chi connectivity index (χ0n) is 16.3. The molecule has 0 bridgehead atoms. The van der Waals surface area contributed by atoms with Crippen LogP contribution in [0.25, 0.3) is 10.9 Å². The summed E-state index contributed by atoms with van der Waals surface area (Å²) in [5.41, 5.74) is 2.09.